The van der Waals surface area contributed by atoms with E-state index in [1.165, 1.54) is 0 Å². The molecule has 102 valence electrons. The minimum absolute atomic E-state index is 0.673. The van der Waals surface area contributed by atoms with Gasteiger partial charge in [0.1, 0.15) is 4.60 Å². The van der Waals surface area contributed by atoms with Crippen molar-refractivity contribution in [2.75, 3.05) is 0 Å². The number of rotatable bonds is 4. The molecule has 6 nitrogen and oxygen atoms in total. The Labute approximate surface area is 124 Å². The average molecular weight is 333 g/mol. The fourth-order valence-corrected chi connectivity index (χ4v) is 2.18. The minimum Gasteiger partial charge on any atom is -0.305 e. The molecule has 0 saturated carbocycles. The number of hydrogen-bond acceptors (Lipinski definition) is 5. The molecule has 3 rings (SSSR count). The monoisotopic (exact) mass is 332 g/mol. The van der Waals surface area contributed by atoms with Crippen LogP contribution in [0.2, 0.25) is 0 Å². The number of imidazole rings is 1. The van der Waals surface area contributed by atoms with Crippen LogP contribution in [0.15, 0.2) is 35.6 Å². The molecule has 0 unspecified atom stereocenters. The highest BCUT2D eigenvalue weighted by atomic mass is 79.9. The standard InChI is InChI=1S/C13H13BrN6/c1-9-2-17-10(4-16-9)3-15-5-11-6-19-13-7-18-12(14)8-20(11)13/h2,4,6-8,15H,3,5H2,1H3. The smallest absolute Gasteiger partial charge is 0.155 e. The van der Waals surface area contributed by atoms with Crippen LogP contribution in [0.4, 0.5) is 0 Å². The second-order valence-corrected chi connectivity index (χ2v) is 5.25. The number of hydrogen-bond donors (Lipinski definition) is 1. The lowest BCUT2D eigenvalue weighted by atomic mass is 10.4. The Bertz CT molecular complexity index is 721. The number of nitrogens with one attached hydrogen (secondary N) is 1. The highest BCUT2D eigenvalue weighted by Gasteiger charge is 2.04. The largest absolute Gasteiger partial charge is 0.305 e. The molecule has 3 heterocycles. The van der Waals surface area contributed by atoms with E-state index < -0.39 is 0 Å². The van der Waals surface area contributed by atoms with Gasteiger partial charge in [0.2, 0.25) is 0 Å². The van der Waals surface area contributed by atoms with Crippen LogP contribution in [0.1, 0.15) is 17.1 Å². The SMILES string of the molecule is Cc1cnc(CNCc2cnc3cnc(Br)cn23)cn1. The molecule has 0 spiro atoms. The number of aromatic nitrogens is 5. The Kier molecular flexibility index (Phi) is 3.70. The van der Waals surface area contributed by atoms with Crippen molar-refractivity contribution >= 4 is 21.6 Å². The van der Waals surface area contributed by atoms with Gasteiger partial charge >= 0.3 is 0 Å². The molecule has 0 fully saturated rings. The average Bonchev–Trinajstić information content (AvgIpc) is 2.84. The molecular formula is C13H13BrN6. The lowest BCUT2D eigenvalue weighted by Gasteiger charge is -2.04. The van der Waals surface area contributed by atoms with E-state index in [1.54, 1.807) is 18.6 Å². The van der Waals surface area contributed by atoms with Gasteiger partial charge in [-0.05, 0) is 22.9 Å². The summed E-state index contributed by atoms with van der Waals surface area (Å²) in [6.45, 7) is 3.30. The van der Waals surface area contributed by atoms with Crippen LogP contribution in [-0.2, 0) is 13.1 Å². The van der Waals surface area contributed by atoms with E-state index in [9.17, 15) is 0 Å². The molecule has 3 aromatic heterocycles. The molecule has 1 N–H and O–H groups in total. The minimum atomic E-state index is 0.673. The van der Waals surface area contributed by atoms with Crippen LogP contribution in [0.5, 0.6) is 0 Å². The fourth-order valence-electron chi connectivity index (χ4n) is 1.88. The van der Waals surface area contributed by atoms with Crippen LogP contribution in [-0.4, -0.2) is 24.3 Å². The van der Waals surface area contributed by atoms with Gasteiger partial charge in [0.15, 0.2) is 5.65 Å². The summed E-state index contributed by atoms with van der Waals surface area (Å²) in [7, 11) is 0. The topological polar surface area (TPSA) is 68.0 Å². The summed E-state index contributed by atoms with van der Waals surface area (Å²) in [5, 5.41) is 3.34. The van der Waals surface area contributed by atoms with Crippen LogP contribution in [0.25, 0.3) is 5.65 Å². The van der Waals surface area contributed by atoms with E-state index in [1.807, 2.05) is 23.7 Å². The zero-order chi connectivity index (χ0) is 13.9. The maximum Gasteiger partial charge on any atom is 0.155 e. The van der Waals surface area contributed by atoms with Gasteiger partial charge in [-0.25, -0.2) is 9.97 Å². The molecule has 0 aliphatic rings. The normalized spacial score (nSPS) is 11.1. The Morgan fingerprint density at radius 1 is 1.05 bits per heavy atom. The van der Waals surface area contributed by atoms with Crippen LogP contribution >= 0.6 is 15.9 Å². The molecule has 0 atom stereocenters. The first kappa shape index (κ1) is 13.1. The van der Waals surface area contributed by atoms with Crippen molar-refractivity contribution in [3.63, 3.8) is 0 Å². The second-order valence-electron chi connectivity index (χ2n) is 4.44. The maximum absolute atomic E-state index is 4.31. The third-order valence-corrected chi connectivity index (χ3v) is 3.30. The van der Waals surface area contributed by atoms with Gasteiger partial charge in [-0.1, -0.05) is 0 Å². The van der Waals surface area contributed by atoms with Crippen molar-refractivity contribution in [2.24, 2.45) is 0 Å². The van der Waals surface area contributed by atoms with Crippen molar-refractivity contribution in [2.45, 2.75) is 20.0 Å². The van der Waals surface area contributed by atoms with E-state index in [2.05, 4.69) is 41.2 Å². The summed E-state index contributed by atoms with van der Waals surface area (Å²) in [6, 6.07) is 0. The first-order valence-corrected chi connectivity index (χ1v) is 6.97. The third-order valence-electron chi connectivity index (χ3n) is 2.89. The summed E-state index contributed by atoms with van der Waals surface area (Å²) in [4.78, 5) is 17.0. The summed E-state index contributed by atoms with van der Waals surface area (Å²) >= 11 is 3.36. The van der Waals surface area contributed by atoms with Gasteiger partial charge < -0.3 is 5.32 Å². The van der Waals surface area contributed by atoms with Crippen molar-refractivity contribution in [3.05, 3.63) is 52.7 Å². The van der Waals surface area contributed by atoms with Crippen molar-refractivity contribution in [1.82, 2.24) is 29.7 Å². The Morgan fingerprint density at radius 2 is 1.95 bits per heavy atom. The van der Waals surface area contributed by atoms with Crippen molar-refractivity contribution in [3.8, 4) is 0 Å². The van der Waals surface area contributed by atoms with E-state index in [4.69, 9.17) is 0 Å². The summed E-state index contributed by atoms with van der Waals surface area (Å²) in [5.74, 6) is 0. The summed E-state index contributed by atoms with van der Waals surface area (Å²) in [5.41, 5.74) is 3.75. The molecule has 0 aromatic carbocycles. The van der Waals surface area contributed by atoms with Crippen LogP contribution in [0.3, 0.4) is 0 Å². The molecule has 0 saturated heterocycles. The Balaban J connectivity index is 1.68. The second kappa shape index (κ2) is 5.64. The van der Waals surface area contributed by atoms with Gasteiger partial charge in [0.25, 0.3) is 0 Å². The van der Waals surface area contributed by atoms with Crippen molar-refractivity contribution in [1.29, 1.82) is 0 Å². The fraction of sp³-hybridized carbons (Fsp3) is 0.231. The summed E-state index contributed by atoms with van der Waals surface area (Å²) in [6.07, 6.45) is 9.05. The zero-order valence-electron chi connectivity index (χ0n) is 10.9. The third kappa shape index (κ3) is 2.83. The molecule has 3 aromatic rings. The summed E-state index contributed by atoms with van der Waals surface area (Å²) < 4.78 is 2.79. The molecule has 0 amide bonds. The highest BCUT2D eigenvalue weighted by Crippen LogP contribution is 2.10. The first-order chi connectivity index (χ1) is 9.72. The predicted molar refractivity (Wildman–Crippen MR) is 78.0 cm³/mol. The Morgan fingerprint density at radius 3 is 2.75 bits per heavy atom. The number of halogens is 1. The predicted octanol–water partition coefficient (Wildman–Crippen LogP) is 1.88. The van der Waals surface area contributed by atoms with E-state index >= 15 is 0 Å². The molecule has 0 bridgehead atoms. The first-order valence-electron chi connectivity index (χ1n) is 6.18. The van der Waals surface area contributed by atoms with Gasteiger partial charge in [0.05, 0.1) is 29.5 Å². The highest BCUT2D eigenvalue weighted by molar-refractivity contribution is 9.10. The quantitative estimate of drug-likeness (QED) is 0.790. The van der Waals surface area contributed by atoms with Gasteiger partial charge in [-0.3, -0.25) is 14.4 Å². The van der Waals surface area contributed by atoms with E-state index in [0.717, 1.165) is 27.3 Å². The van der Waals surface area contributed by atoms with Gasteiger partial charge in [0, 0.05) is 31.7 Å². The molecule has 0 aliphatic heterocycles. The number of nitrogens with zero attached hydrogens (tertiary/aromatic N) is 5. The number of fused-ring (bicyclic) bond motifs is 1. The molecular weight excluding hydrogens is 320 g/mol. The van der Waals surface area contributed by atoms with Crippen LogP contribution in [0, 0.1) is 6.92 Å². The number of aryl methyl sites for hydroxylation is 1. The van der Waals surface area contributed by atoms with Gasteiger partial charge in [-0.2, -0.15) is 0 Å². The molecule has 0 aliphatic carbocycles. The van der Waals surface area contributed by atoms with Gasteiger partial charge in [-0.15, -0.1) is 0 Å². The van der Waals surface area contributed by atoms with Crippen molar-refractivity contribution < 1.29 is 0 Å². The molecule has 0 radical (unpaired) electrons. The maximum atomic E-state index is 4.31. The zero-order valence-corrected chi connectivity index (χ0v) is 12.5. The lowest BCUT2D eigenvalue weighted by molar-refractivity contribution is 0.660. The molecule has 7 heteroatoms. The van der Waals surface area contributed by atoms with Crippen LogP contribution < -0.4 is 5.32 Å². The van der Waals surface area contributed by atoms with E-state index in [0.29, 0.717) is 13.1 Å². The van der Waals surface area contributed by atoms with E-state index in [-0.39, 0.29) is 0 Å². The Hall–Kier alpha value is -1.86. The molecule has 20 heavy (non-hydrogen) atoms. The lowest BCUT2D eigenvalue weighted by Crippen LogP contribution is -2.15.